The number of nitrogens with zero attached hydrogens (tertiary/aromatic N) is 2. The first-order chi connectivity index (χ1) is 12.2. The third-order valence-corrected chi connectivity index (χ3v) is 4.81. The zero-order valence-electron chi connectivity index (χ0n) is 15.0. The number of amides is 2. The summed E-state index contributed by atoms with van der Waals surface area (Å²) in [6.07, 6.45) is 0.826. The average molecular weight is 349 g/mol. The summed E-state index contributed by atoms with van der Waals surface area (Å²) >= 11 is 0. The highest BCUT2D eigenvalue weighted by Gasteiger charge is 2.22. The second kappa shape index (κ2) is 8.40. The minimum atomic E-state index is -0.00584. The first-order valence-corrected chi connectivity index (χ1v) is 8.78. The maximum Gasteiger partial charge on any atom is 0.317 e. The molecule has 25 heavy (non-hydrogen) atoms. The molecule has 2 aliphatic rings. The Morgan fingerprint density at radius 1 is 1.12 bits per heavy atom. The van der Waals surface area contributed by atoms with Crippen molar-refractivity contribution in [2.45, 2.75) is 13.0 Å². The molecule has 7 heteroatoms. The van der Waals surface area contributed by atoms with E-state index in [0.29, 0.717) is 25.4 Å². The summed E-state index contributed by atoms with van der Waals surface area (Å²) in [5.41, 5.74) is 2.34. The molecule has 2 amide bonds. The normalized spacial score (nSPS) is 17.8. The zero-order chi connectivity index (χ0) is 17.6. The highest BCUT2D eigenvalue weighted by atomic mass is 16.5. The highest BCUT2D eigenvalue weighted by Crippen LogP contribution is 2.33. The number of hydrogen-bond acceptors (Lipinski definition) is 5. The molecule has 0 aromatic heterocycles. The van der Waals surface area contributed by atoms with Gasteiger partial charge in [0.05, 0.1) is 27.4 Å². The molecule has 0 saturated carbocycles. The SMILES string of the molecule is COc1cc2c(cc1OC)CN(C(=O)NCCN1CCOCC1)CC2. The number of rotatable bonds is 5. The predicted molar refractivity (Wildman–Crippen MR) is 94.3 cm³/mol. The summed E-state index contributed by atoms with van der Waals surface area (Å²) in [4.78, 5) is 16.6. The second-order valence-corrected chi connectivity index (χ2v) is 6.33. The molecular weight excluding hydrogens is 322 g/mol. The van der Waals surface area contributed by atoms with Crippen molar-refractivity contribution in [3.63, 3.8) is 0 Å². The summed E-state index contributed by atoms with van der Waals surface area (Å²) in [6, 6.07) is 3.98. The molecule has 1 aromatic carbocycles. The molecule has 1 aromatic rings. The van der Waals surface area contributed by atoms with Gasteiger partial charge in [0, 0.05) is 39.3 Å². The lowest BCUT2D eigenvalue weighted by Gasteiger charge is -2.30. The minimum Gasteiger partial charge on any atom is -0.493 e. The third-order valence-electron chi connectivity index (χ3n) is 4.81. The fraction of sp³-hybridized carbons (Fsp3) is 0.611. The van der Waals surface area contributed by atoms with Gasteiger partial charge in [0.15, 0.2) is 11.5 Å². The maximum absolute atomic E-state index is 12.4. The summed E-state index contributed by atoms with van der Waals surface area (Å²) in [5, 5.41) is 3.03. The number of carbonyl (C=O) groups excluding carboxylic acids is 1. The lowest BCUT2D eigenvalue weighted by molar-refractivity contribution is 0.0385. The first-order valence-electron chi connectivity index (χ1n) is 8.78. The van der Waals surface area contributed by atoms with Gasteiger partial charge in [-0.25, -0.2) is 4.79 Å². The first kappa shape index (κ1) is 17.8. The molecule has 0 bridgehead atoms. The van der Waals surface area contributed by atoms with Gasteiger partial charge in [0.2, 0.25) is 0 Å². The van der Waals surface area contributed by atoms with Crippen molar-refractivity contribution in [3.8, 4) is 11.5 Å². The smallest absolute Gasteiger partial charge is 0.317 e. The second-order valence-electron chi connectivity index (χ2n) is 6.33. The molecule has 0 unspecified atom stereocenters. The third kappa shape index (κ3) is 4.35. The van der Waals surface area contributed by atoms with Crippen molar-refractivity contribution < 1.29 is 19.0 Å². The summed E-state index contributed by atoms with van der Waals surface area (Å²) in [5.74, 6) is 1.44. The van der Waals surface area contributed by atoms with Gasteiger partial charge in [-0.05, 0) is 29.7 Å². The fourth-order valence-electron chi connectivity index (χ4n) is 3.31. The van der Waals surface area contributed by atoms with Crippen LogP contribution in [0.15, 0.2) is 12.1 Å². The minimum absolute atomic E-state index is 0.00584. The van der Waals surface area contributed by atoms with Crippen LogP contribution in [0.25, 0.3) is 0 Å². The van der Waals surface area contributed by atoms with E-state index in [9.17, 15) is 4.79 Å². The Hall–Kier alpha value is -1.99. The van der Waals surface area contributed by atoms with Gasteiger partial charge in [-0.2, -0.15) is 0 Å². The molecule has 0 spiro atoms. The molecule has 1 fully saturated rings. The van der Waals surface area contributed by atoms with Gasteiger partial charge < -0.3 is 24.4 Å². The number of benzene rings is 1. The van der Waals surface area contributed by atoms with Crippen LogP contribution in [0.1, 0.15) is 11.1 Å². The van der Waals surface area contributed by atoms with E-state index in [4.69, 9.17) is 14.2 Å². The standard InChI is InChI=1S/C18H27N3O4/c1-23-16-11-14-3-5-21(13-15(14)12-17(16)24-2)18(22)19-4-6-20-7-9-25-10-8-20/h11-12H,3-10,13H2,1-2H3,(H,19,22). The molecule has 0 radical (unpaired) electrons. The molecule has 2 aliphatic heterocycles. The van der Waals surface area contributed by atoms with Gasteiger partial charge in [-0.15, -0.1) is 0 Å². The Morgan fingerprint density at radius 2 is 1.80 bits per heavy atom. The van der Waals surface area contributed by atoms with Crippen LogP contribution in [0.3, 0.4) is 0 Å². The zero-order valence-corrected chi connectivity index (χ0v) is 15.0. The lowest BCUT2D eigenvalue weighted by atomic mass is 9.99. The van der Waals surface area contributed by atoms with E-state index >= 15 is 0 Å². The molecule has 3 rings (SSSR count). The van der Waals surface area contributed by atoms with Crippen molar-refractivity contribution in [1.29, 1.82) is 0 Å². The molecular formula is C18H27N3O4. The van der Waals surface area contributed by atoms with Gasteiger partial charge >= 0.3 is 6.03 Å². The number of methoxy groups -OCH3 is 2. The van der Waals surface area contributed by atoms with Crippen LogP contribution < -0.4 is 14.8 Å². The number of carbonyl (C=O) groups is 1. The number of fused-ring (bicyclic) bond motifs is 1. The number of nitrogens with one attached hydrogen (secondary N) is 1. The number of urea groups is 1. The number of morpholine rings is 1. The van der Waals surface area contributed by atoms with Crippen molar-refractivity contribution in [2.24, 2.45) is 0 Å². The topological polar surface area (TPSA) is 63.3 Å². The summed E-state index contributed by atoms with van der Waals surface area (Å²) in [7, 11) is 3.27. The molecule has 0 aliphatic carbocycles. The Bertz CT molecular complexity index is 602. The molecule has 138 valence electrons. The van der Waals surface area contributed by atoms with E-state index in [0.717, 1.165) is 50.6 Å². The Kier molecular flexibility index (Phi) is 5.99. The van der Waals surface area contributed by atoms with E-state index in [1.54, 1.807) is 14.2 Å². The largest absolute Gasteiger partial charge is 0.493 e. The van der Waals surface area contributed by atoms with Gasteiger partial charge in [-0.1, -0.05) is 0 Å². The van der Waals surface area contributed by atoms with Crippen LogP contribution in [0.4, 0.5) is 4.79 Å². The number of hydrogen-bond donors (Lipinski definition) is 1. The van der Waals surface area contributed by atoms with E-state index in [2.05, 4.69) is 10.2 Å². The average Bonchev–Trinajstić information content (AvgIpc) is 2.67. The van der Waals surface area contributed by atoms with Gasteiger partial charge in [0.25, 0.3) is 0 Å². The predicted octanol–water partition coefficient (Wildman–Crippen LogP) is 1.10. The van der Waals surface area contributed by atoms with Crippen molar-refractivity contribution in [1.82, 2.24) is 15.1 Å². The fourth-order valence-corrected chi connectivity index (χ4v) is 3.31. The van der Waals surface area contributed by atoms with Crippen molar-refractivity contribution in [3.05, 3.63) is 23.3 Å². The van der Waals surface area contributed by atoms with Crippen LogP contribution in [0, 0.1) is 0 Å². The van der Waals surface area contributed by atoms with Crippen LogP contribution in [-0.4, -0.2) is 76.0 Å². The molecule has 1 saturated heterocycles. The van der Waals surface area contributed by atoms with Gasteiger partial charge in [0.1, 0.15) is 0 Å². The molecule has 7 nitrogen and oxygen atoms in total. The monoisotopic (exact) mass is 349 g/mol. The quantitative estimate of drug-likeness (QED) is 0.863. The van der Waals surface area contributed by atoms with E-state index < -0.39 is 0 Å². The van der Waals surface area contributed by atoms with E-state index in [1.165, 1.54) is 5.56 Å². The van der Waals surface area contributed by atoms with Crippen LogP contribution in [0.5, 0.6) is 11.5 Å². The van der Waals surface area contributed by atoms with E-state index in [1.807, 2.05) is 17.0 Å². The number of ether oxygens (including phenoxy) is 3. The Morgan fingerprint density at radius 3 is 2.48 bits per heavy atom. The molecule has 0 atom stereocenters. The lowest BCUT2D eigenvalue weighted by Crippen LogP contribution is -2.46. The molecule has 1 N–H and O–H groups in total. The highest BCUT2D eigenvalue weighted by molar-refractivity contribution is 5.74. The molecule has 2 heterocycles. The maximum atomic E-state index is 12.4. The van der Waals surface area contributed by atoms with Crippen LogP contribution in [-0.2, 0) is 17.7 Å². The summed E-state index contributed by atoms with van der Waals surface area (Å²) < 4.78 is 16.1. The Balaban J connectivity index is 1.53. The summed E-state index contributed by atoms with van der Waals surface area (Å²) in [6.45, 7) is 6.27. The van der Waals surface area contributed by atoms with Crippen molar-refractivity contribution in [2.75, 3.05) is 60.2 Å². The Labute approximate surface area is 148 Å². The van der Waals surface area contributed by atoms with E-state index in [-0.39, 0.29) is 6.03 Å². The van der Waals surface area contributed by atoms with Gasteiger partial charge in [-0.3, -0.25) is 4.90 Å². The van der Waals surface area contributed by atoms with Crippen LogP contribution in [0.2, 0.25) is 0 Å². The van der Waals surface area contributed by atoms with Crippen molar-refractivity contribution >= 4 is 6.03 Å². The van der Waals surface area contributed by atoms with Crippen LogP contribution >= 0.6 is 0 Å².